The van der Waals surface area contributed by atoms with E-state index < -0.39 is 12.0 Å². The number of pyridine rings is 1. The Bertz CT molecular complexity index is 391. The Labute approximate surface area is 86.3 Å². The average Bonchev–Trinajstić information content (AvgIpc) is 2.61. The second-order valence-electron chi connectivity index (χ2n) is 3.34. The first-order chi connectivity index (χ1) is 7.20. The maximum absolute atomic E-state index is 11.5. The van der Waals surface area contributed by atoms with Crippen molar-refractivity contribution in [3.8, 4) is 0 Å². The van der Waals surface area contributed by atoms with E-state index in [1.165, 1.54) is 4.90 Å². The van der Waals surface area contributed by atoms with Crippen LogP contribution in [0.1, 0.15) is 12.8 Å². The number of aliphatic carboxylic acids is 1. The molecule has 0 saturated carbocycles. The highest BCUT2D eigenvalue weighted by atomic mass is 16.4. The van der Waals surface area contributed by atoms with Crippen LogP contribution in [0.2, 0.25) is 0 Å². The SMILES string of the molecule is O=C(O)C1CCC(=O)N1c1ccccn1. The molecule has 5 heteroatoms. The molecule has 1 atom stereocenters. The third-order valence-electron chi connectivity index (χ3n) is 2.39. The first-order valence-corrected chi connectivity index (χ1v) is 4.66. The van der Waals surface area contributed by atoms with Crippen LogP contribution in [-0.2, 0) is 9.59 Å². The molecule has 1 aromatic heterocycles. The van der Waals surface area contributed by atoms with Crippen molar-refractivity contribution >= 4 is 17.7 Å². The monoisotopic (exact) mass is 206 g/mol. The molecule has 0 bridgehead atoms. The van der Waals surface area contributed by atoms with Gasteiger partial charge >= 0.3 is 5.97 Å². The van der Waals surface area contributed by atoms with E-state index in [-0.39, 0.29) is 12.3 Å². The van der Waals surface area contributed by atoms with Gasteiger partial charge in [-0.25, -0.2) is 9.78 Å². The van der Waals surface area contributed by atoms with Crippen LogP contribution in [0.25, 0.3) is 0 Å². The first-order valence-electron chi connectivity index (χ1n) is 4.66. The van der Waals surface area contributed by atoms with E-state index in [1.807, 2.05) is 0 Å². The third kappa shape index (κ3) is 1.68. The van der Waals surface area contributed by atoms with Crippen LogP contribution in [0, 0.1) is 0 Å². The van der Waals surface area contributed by atoms with E-state index in [1.54, 1.807) is 24.4 Å². The molecule has 1 aromatic rings. The second kappa shape index (κ2) is 3.68. The average molecular weight is 206 g/mol. The van der Waals surface area contributed by atoms with Crippen molar-refractivity contribution in [1.82, 2.24) is 4.98 Å². The van der Waals surface area contributed by atoms with Crippen LogP contribution in [0.3, 0.4) is 0 Å². The Morgan fingerprint density at radius 2 is 2.33 bits per heavy atom. The molecule has 5 nitrogen and oxygen atoms in total. The molecule has 1 saturated heterocycles. The molecule has 1 N–H and O–H groups in total. The zero-order valence-corrected chi connectivity index (χ0v) is 7.96. The van der Waals surface area contributed by atoms with Crippen molar-refractivity contribution in [3.63, 3.8) is 0 Å². The number of hydrogen-bond acceptors (Lipinski definition) is 3. The van der Waals surface area contributed by atoms with E-state index in [0.717, 1.165) is 0 Å². The van der Waals surface area contributed by atoms with Gasteiger partial charge in [-0.15, -0.1) is 0 Å². The van der Waals surface area contributed by atoms with E-state index in [4.69, 9.17) is 5.11 Å². The zero-order valence-electron chi connectivity index (χ0n) is 7.96. The Kier molecular flexibility index (Phi) is 2.37. The van der Waals surface area contributed by atoms with Crippen molar-refractivity contribution in [1.29, 1.82) is 0 Å². The fraction of sp³-hybridized carbons (Fsp3) is 0.300. The molecule has 2 rings (SSSR count). The lowest BCUT2D eigenvalue weighted by Crippen LogP contribution is -2.39. The van der Waals surface area contributed by atoms with Crippen molar-refractivity contribution < 1.29 is 14.7 Å². The molecular weight excluding hydrogens is 196 g/mol. The highest BCUT2D eigenvalue weighted by molar-refractivity contribution is 6.01. The lowest BCUT2D eigenvalue weighted by Gasteiger charge is -2.19. The molecule has 1 aliphatic rings. The number of carboxylic acids is 1. The minimum absolute atomic E-state index is 0.180. The molecule has 78 valence electrons. The molecule has 0 aliphatic carbocycles. The van der Waals surface area contributed by atoms with Gasteiger partial charge < -0.3 is 5.11 Å². The van der Waals surface area contributed by atoms with Gasteiger partial charge in [-0.1, -0.05) is 6.07 Å². The van der Waals surface area contributed by atoms with Crippen LogP contribution in [-0.4, -0.2) is 28.0 Å². The number of carboxylic acid groups (broad SMARTS) is 1. The van der Waals surface area contributed by atoms with Gasteiger partial charge in [0.25, 0.3) is 0 Å². The van der Waals surface area contributed by atoms with Crippen molar-refractivity contribution in [3.05, 3.63) is 24.4 Å². The fourth-order valence-corrected chi connectivity index (χ4v) is 1.70. The van der Waals surface area contributed by atoms with Crippen LogP contribution in [0.5, 0.6) is 0 Å². The maximum atomic E-state index is 11.5. The van der Waals surface area contributed by atoms with Gasteiger partial charge in [-0.05, 0) is 18.6 Å². The van der Waals surface area contributed by atoms with Crippen molar-refractivity contribution in [2.24, 2.45) is 0 Å². The molecule has 1 aliphatic heterocycles. The minimum atomic E-state index is -0.980. The third-order valence-corrected chi connectivity index (χ3v) is 2.39. The summed E-state index contributed by atoms with van der Waals surface area (Å²) in [6, 6.07) is 4.32. The summed E-state index contributed by atoms with van der Waals surface area (Å²) in [6.45, 7) is 0. The molecule has 0 aromatic carbocycles. The van der Waals surface area contributed by atoms with Crippen LogP contribution in [0.4, 0.5) is 5.82 Å². The molecule has 15 heavy (non-hydrogen) atoms. The van der Waals surface area contributed by atoms with Crippen molar-refractivity contribution in [2.75, 3.05) is 4.90 Å². The van der Waals surface area contributed by atoms with Crippen LogP contribution in [0.15, 0.2) is 24.4 Å². The molecule has 1 fully saturated rings. The minimum Gasteiger partial charge on any atom is -0.480 e. The molecule has 1 unspecified atom stereocenters. The second-order valence-corrected chi connectivity index (χ2v) is 3.34. The van der Waals surface area contributed by atoms with Gasteiger partial charge in [-0.3, -0.25) is 9.69 Å². The summed E-state index contributed by atoms with van der Waals surface area (Å²) < 4.78 is 0. The first kappa shape index (κ1) is 9.64. The molecular formula is C10H10N2O3. The Hall–Kier alpha value is -1.91. The Morgan fingerprint density at radius 1 is 1.53 bits per heavy atom. The predicted molar refractivity (Wildman–Crippen MR) is 52.4 cm³/mol. The quantitative estimate of drug-likeness (QED) is 0.771. The summed E-state index contributed by atoms with van der Waals surface area (Å²) in [5.41, 5.74) is 0. The number of rotatable bonds is 2. The number of carbonyl (C=O) groups is 2. The lowest BCUT2D eigenvalue weighted by molar-refractivity contribution is -0.138. The largest absolute Gasteiger partial charge is 0.480 e. The summed E-state index contributed by atoms with van der Waals surface area (Å²) >= 11 is 0. The van der Waals surface area contributed by atoms with E-state index in [9.17, 15) is 9.59 Å². The highest BCUT2D eigenvalue weighted by Gasteiger charge is 2.37. The van der Waals surface area contributed by atoms with E-state index >= 15 is 0 Å². The lowest BCUT2D eigenvalue weighted by atomic mass is 10.2. The number of hydrogen-bond donors (Lipinski definition) is 1. The molecule has 2 heterocycles. The van der Waals surface area contributed by atoms with Gasteiger partial charge in [0.1, 0.15) is 11.9 Å². The zero-order chi connectivity index (χ0) is 10.8. The summed E-state index contributed by atoms with van der Waals surface area (Å²) in [4.78, 5) is 27.7. The van der Waals surface area contributed by atoms with Gasteiger partial charge in [0, 0.05) is 12.6 Å². The van der Waals surface area contributed by atoms with E-state index in [0.29, 0.717) is 12.2 Å². The topological polar surface area (TPSA) is 70.5 Å². The molecule has 0 spiro atoms. The summed E-state index contributed by atoms with van der Waals surface area (Å²) in [5, 5.41) is 8.94. The summed E-state index contributed by atoms with van der Waals surface area (Å²) in [5.74, 6) is -0.750. The number of aromatic nitrogens is 1. The van der Waals surface area contributed by atoms with Gasteiger partial charge in [0.2, 0.25) is 5.91 Å². The van der Waals surface area contributed by atoms with Gasteiger partial charge in [-0.2, -0.15) is 0 Å². The highest BCUT2D eigenvalue weighted by Crippen LogP contribution is 2.24. The number of carbonyl (C=O) groups excluding carboxylic acids is 1. The summed E-state index contributed by atoms with van der Waals surface area (Å²) in [7, 11) is 0. The van der Waals surface area contributed by atoms with Crippen LogP contribution < -0.4 is 4.90 Å². The number of amides is 1. The predicted octanol–water partition coefficient (Wildman–Crippen LogP) is 0.662. The maximum Gasteiger partial charge on any atom is 0.326 e. The van der Waals surface area contributed by atoms with Crippen molar-refractivity contribution in [2.45, 2.75) is 18.9 Å². The normalized spacial score (nSPS) is 20.7. The standard InChI is InChI=1S/C10H10N2O3/c13-9-5-4-7(10(14)15)12(9)8-3-1-2-6-11-8/h1-3,6-7H,4-5H2,(H,14,15). The number of nitrogens with zero attached hydrogens (tertiary/aromatic N) is 2. The van der Waals surface area contributed by atoms with Crippen LogP contribution >= 0.6 is 0 Å². The summed E-state index contributed by atoms with van der Waals surface area (Å²) in [6.07, 6.45) is 2.16. The Balaban J connectivity index is 2.33. The Morgan fingerprint density at radius 3 is 2.93 bits per heavy atom. The fourth-order valence-electron chi connectivity index (χ4n) is 1.70. The van der Waals surface area contributed by atoms with Gasteiger partial charge in [0.15, 0.2) is 0 Å². The van der Waals surface area contributed by atoms with E-state index in [2.05, 4.69) is 4.98 Å². The smallest absolute Gasteiger partial charge is 0.326 e. The molecule has 1 amide bonds. The van der Waals surface area contributed by atoms with Gasteiger partial charge in [0.05, 0.1) is 0 Å². The molecule has 0 radical (unpaired) electrons. The number of anilines is 1.